The van der Waals surface area contributed by atoms with Gasteiger partial charge in [0.2, 0.25) is 0 Å². The van der Waals surface area contributed by atoms with Crippen molar-refractivity contribution in [2.45, 2.75) is 43.8 Å². The van der Waals surface area contributed by atoms with Gasteiger partial charge in [0.1, 0.15) is 6.17 Å². The van der Waals surface area contributed by atoms with Crippen LogP contribution in [0.3, 0.4) is 0 Å². The van der Waals surface area contributed by atoms with Crippen molar-refractivity contribution in [3.05, 3.63) is 33.8 Å². The minimum atomic E-state index is -1.00. The third-order valence-electron chi connectivity index (χ3n) is 5.89. The number of nitrogens with zero attached hydrogens (tertiary/aromatic N) is 2. The second-order valence-corrected chi connectivity index (χ2v) is 8.62. The fraction of sp³-hybridized carbons (Fsp3) is 0.650. The zero-order valence-electron chi connectivity index (χ0n) is 15.9. The van der Waals surface area contributed by atoms with Gasteiger partial charge >= 0.3 is 6.09 Å². The molecule has 5 nitrogen and oxygen atoms in total. The highest BCUT2D eigenvalue weighted by Crippen LogP contribution is 2.31. The monoisotopic (exact) mass is 431 g/mol. The number of rotatable bonds is 8. The van der Waals surface area contributed by atoms with Crippen LogP contribution >= 0.6 is 23.2 Å². The lowest BCUT2D eigenvalue weighted by Crippen LogP contribution is -2.60. The average molecular weight is 432 g/mol. The maximum Gasteiger partial charge on any atom is 0.404 e. The molecule has 0 spiro atoms. The molecule has 1 aromatic rings. The summed E-state index contributed by atoms with van der Waals surface area (Å²) in [4.78, 5) is 15.6. The van der Waals surface area contributed by atoms with Crippen molar-refractivity contribution in [3.8, 4) is 0 Å². The predicted octanol–water partition coefficient (Wildman–Crippen LogP) is 4.24. The number of hydrogen-bond donors (Lipinski definition) is 2. The number of alkyl halides is 1. The van der Waals surface area contributed by atoms with Gasteiger partial charge in [0.25, 0.3) is 0 Å². The fourth-order valence-electron chi connectivity index (χ4n) is 4.12. The summed E-state index contributed by atoms with van der Waals surface area (Å²) in [6.07, 6.45) is 1.33. The molecule has 156 valence electrons. The lowest BCUT2D eigenvalue weighted by atomic mass is 9.91. The topological polar surface area (TPSA) is 55.8 Å². The first kappa shape index (κ1) is 21.6. The van der Waals surface area contributed by atoms with Crippen molar-refractivity contribution in [2.24, 2.45) is 0 Å². The molecule has 2 N–H and O–H groups in total. The molecule has 0 radical (unpaired) electrons. The van der Waals surface area contributed by atoms with E-state index in [1.54, 1.807) is 6.07 Å². The number of piperidine rings is 1. The number of nitrogens with one attached hydrogen (secondary N) is 1. The van der Waals surface area contributed by atoms with E-state index in [1.165, 1.54) is 0 Å². The van der Waals surface area contributed by atoms with E-state index in [4.69, 9.17) is 28.3 Å². The van der Waals surface area contributed by atoms with Gasteiger partial charge in [0.05, 0.1) is 10.0 Å². The van der Waals surface area contributed by atoms with E-state index in [0.717, 1.165) is 44.7 Å². The first-order chi connectivity index (χ1) is 13.4. The summed E-state index contributed by atoms with van der Waals surface area (Å²) in [5.74, 6) is 0.211. The summed E-state index contributed by atoms with van der Waals surface area (Å²) in [6.45, 7) is 5.14. The van der Waals surface area contributed by atoms with Gasteiger partial charge < -0.3 is 15.3 Å². The molecule has 2 aliphatic rings. The molecule has 0 bridgehead atoms. The number of carboxylic acid groups (broad SMARTS) is 1. The fourth-order valence-corrected chi connectivity index (χ4v) is 4.43. The number of amides is 1. The first-order valence-corrected chi connectivity index (χ1v) is 10.7. The molecule has 1 amide bonds. The Hall–Kier alpha value is -1.08. The van der Waals surface area contributed by atoms with Gasteiger partial charge in [-0.3, -0.25) is 4.90 Å². The van der Waals surface area contributed by atoms with Crippen LogP contribution in [0.15, 0.2) is 18.2 Å². The Morgan fingerprint density at radius 2 is 1.93 bits per heavy atom. The van der Waals surface area contributed by atoms with Crippen molar-refractivity contribution in [2.75, 3.05) is 39.3 Å². The maximum atomic E-state index is 13.3. The molecule has 2 aliphatic heterocycles. The Balaban J connectivity index is 1.49. The lowest BCUT2D eigenvalue weighted by molar-refractivity contribution is 0.00892. The molecule has 28 heavy (non-hydrogen) atoms. The van der Waals surface area contributed by atoms with E-state index in [9.17, 15) is 9.18 Å². The highest BCUT2D eigenvalue weighted by Gasteiger charge is 2.33. The van der Waals surface area contributed by atoms with Crippen LogP contribution in [0.1, 0.15) is 37.2 Å². The Morgan fingerprint density at radius 3 is 2.57 bits per heavy atom. The van der Waals surface area contributed by atoms with Gasteiger partial charge in [-0.15, -0.1) is 0 Å². The van der Waals surface area contributed by atoms with Crippen molar-refractivity contribution in [1.82, 2.24) is 15.1 Å². The van der Waals surface area contributed by atoms with E-state index in [0.29, 0.717) is 41.9 Å². The van der Waals surface area contributed by atoms with Crippen LogP contribution in [0.2, 0.25) is 10.0 Å². The molecular weight excluding hydrogens is 404 g/mol. The Morgan fingerprint density at radius 1 is 1.21 bits per heavy atom. The molecule has 0 aliphatic carbocycles. The van der Waals surface area contributed by atoms with E-state index in [1.807, 2.05) is 12.1 Å². The van der Waals surface area contributed by atoms with Crippen LogP contribution in [0.4, 0.5) is 9.18 Å². The molecular formula is C20H28Cl2FN3O2. The van der Waals surface area contributed by atoms with Crippen LogP contribution in [0, 0.1) is 0 Å². The van der Waals surface area contributed by atoms with Crippen molar-refractivity contribution in [1.29, 1.82) is 0 Å². The Kier molecular flexibility index (Phi) is 7.80. The van der Waals surface area contributed by atoms with Crippen LogP contribution in [-0.2, 0) is 0 Å². The Bertz CT molecular complexity index is 665. The molecule has 2 fully saturated rings. The average Bonchev–Trinajstić information content (AvgIpc) is 2.62. The van der Waals surface area contributed by atoms with Crippen LogP contribution in [0.25, 0.3) is 0 Å². The zero-order chi connectivity index (χ0) is 20.1. The van der Waals surface area contributed by atoms with Gasteiger partial charge in [-0.2, -0.15) is 0 Å². The predicted molar refractivity (Wildman–Crippen MR) is 110 cm³/mol. The van der Waals surface area contributed by atoms with E-state index in [2.05, 4.69) is 15.1 Å². The van der Waals surface area contributed by atoms with Gasteiger partial charge in [0.15, 0.2) is 0 Å². The number of carbonyl (C=O) groups is 1. The van der Waals surface area contributed by atoms with E-state index < -0.39 is 12.3 Å². The van der Waals surface area contributed by atoms with Crippen molar-refractivity contribution < 1.29 is 14.3 Å². The lowest BCUT2D eigenvalue weighted by Gasteiger charge is -2.47. The standard InChI is InChI=1S/C20H28Cl2FN3O2/c21-18-2-1-15(11-19(18)22)14(3-7-24-20(27)28)4-8-25-12-17(13-25)26-9-5-16(23)6-10-26/h1-2,11,14,16-17,24H,3-10,12-13H2,(H,27,28)/t14-/m0/s1. The number of benzene rings is 1. The normalized spacial score (nSPS) is 20.7. The molecule has 2 saturated heterocycles. The molecule has 0 unspecified atom stereocenters. The molecule has 1 aromatic carbocycles. The Labute approximate surface area is 175 Å². The van der Waals surface area contributed by atoms with Gasteiger partial charge in [-0.05, 0) is 55.8 Å². The second-order valence-electron chi connectivity index (χ2n) is 7.80. The summed E-state index contributed by atoms with van der Waals surface area (Å²) in [7, 11) is 0. The SMILES string of the molecule is O=C(O)NCC[C@@H](CCN1CC(N2CCC(F)CC2)C1)c1ccc(Cl)c(Cl)c1. The van der Waals surface area contributed by atoms with Crippen molar-refractivity contribution in [3.63, 3.8) is 0 Å². The molecule has 2 heterocycles. The highest BCUT2D eigenvalue weighted by molar-refractivity contribution is 6.42. The van der Waals surface area contributed by atoms with E-state index >= 15 is 0 Å². The molecule has 0 aromatic heterocycles. The van der Waals surface area contributed by atoms with Gasteiger partial charge in [-0.1, -0.05) is 29.3 Å². The smallest absolute Gasteiger partial charge is 0.404 e. The minimum Gasteiger partial charge on any atom is -0.465 e. The summed E-state index contributed by atoms with van der Waals surface area (Å²) in [5.41, 5.74) is 1.09. The minimum absolute atomic E-state index is 0.211. The zero-order valence-corrected chi connectivity index (χ0v) is 17.4. The summed E-state index contributed by atoms with van der Waals surface area (Å²) < 4.78 is 13.3. The molecule has 8 heteroatoms. The number of halogens is 3. The number of likely N-dealkylation sites (tertiary alicyclic amines) is 2. The quantitative estimate of drug-likeness (QED) is 0.645. The van der Waals surface area contributed by atoms with Crippen LogP contribution in [0.5, 0.6) is 0 Å². The van der Waals surface area contributed by atoms with Crippen molar-refractivity contribution >= 4 is 29.3 Å². The first-order valence-electron chi connectivity index (χ1n) is 9.94. The third kappa shape index (κ3) is 5.96. The maximum absolute atomic E-state index is 13.3. The van der Waals surface area contributed by atoms with Gasteiger partial charge in [0, 0.05) is 38.8 Å². The van der Waals surface area contributed by atoms with Gasteiger partial charge in [-0.25, -0.2) is 9.18 Å². The van der Waals surface area contributed by atoms with E-state index in [-0.39, 0.29) is 5.92 Å². The molecule has 3 rings (SSSR count). The second kappa shape index (κ2) is 10.1. The molecule has 1 atom stereocenters. The number of hydrogen-bond acceptors (Lipinski definition) is 3. The summed E-state index contributed by atoms with van der Waals surface area (Å²) >= 11 is 12.2. The summed E-state index contributed by atoms with van der Waals surface area (Å²) in [5, 5.41) is 12.3. The third-order valence-corrected chi connectivity index (χ3v) is 6.63. The van der Waals surface area contributed by atoms with Crippen LogP contribution < -0.4 is 5.32 Å². The highest BCUT2D eigenvalue weighted by atomic mass is 35.5. The largest absolute Gasteiger partial charge is 0.465 e. The van der Waals surface area contributed by atoms with Crippen LogP contribution in [-0.4, -0.2) is 72.5 Å². The summed E-state index contributed by atoms with van der Waals surface area (Å²) in [6, 6.07) is 6.20. The molecule has 0 saturated carbocycles.